The molecule has 0 amide bonds. The van der Waals surface area contributed by atoms with Crippen molar-refractivity contribution >= 4 is 0 Å². The van der Waals surface area contributed by atoms with Crippen LogP contribution >= 0.6 is 0 Å². The summed E-state index contributed by atoms with van der Waals surface area (Å²) in [4.78, 5) is 0. The molecular formula is C9H16O. The Bertz CT molecular complexity index is 134. The molecule has 58 valence electrons. The lowest BCUT2D eigenvalue weighted by Crippen LogP contribution is -1.99. The Hall–Kier alpha value is -0.300. The topological polar surface area (TPSA) is 9.23 Å². The second kappa shape index (κ2) is 3.20. The molecule has 1 aliphatic rings. The summed E-state index contributed by atoms with van der Waals surface area (Å²) in [7, 11) is 0. The maximum Gasteiger partial charge on any atom is 0.0761 e. The Morgan fingerprint density at radius 3 is 2.60 bits per heavy atom. The van der Waals surface area contributed by atoms with Gasteiger partial charge in [-0.3, -0.25) is 0 Å². The van der Waals surface area contributed by atoms with Crippen LogP contribution in [0.1, 0.15) is 27.2 Å². The van der Waals surface area contributed by atoms with E-state index in [9.17, 15) is 0 Å². The molecule has 1 heterocycles. The molecule has 1 nitrogen and oxygen atoms in total. The Kier molecular flexibility index (Phi) is 2.50. The van der Waals surface area contributed by atoms with E-state index in [1.807, 2.05) is 0 Å². The zero-order valence-electron chi connectivity index (χ0n) is 7.05. The van der Waals surface area contributed by atoms with Crippen molar-refractivity contribution < 1.29 is 4.74 Å². The molecule has 1 aliphatic heterocycles. The van der Waals surface area contributed by atoms with Crippen LogP contribution in [0.4, 0.5) is 0 Å². The van der Waals surface area contributed by atoms with Gasteiger partial charge >= 0.3 is 0 Å². The first kappa shape index (κ1) is 7.80. The van der Waals surface area contributed by atoms with Crippen molar-refractivity contribution in [1.82, 2.24) is 0 Å². The van der Waals surface area contributed by atoms with Crippen LogP contribution in [0.3, 0.4) is 0 Å². The van der Waals surface area contributed by atoms with Crippen LogP contribution in [-0.4, -0.2) is 12.7 Å². The van der Waals surface area contributed by atoms with Crippen LogP contribution in [0.15, 0.2) is 11.6 Å². The Morgan fingerprint density at radius 2 is 2.20 bits per heavy atom. The van der Waals surface area contributed by atoms with E-state index in [0.29, 0.717) is 6.10 Å². The minimum atomic E-state index is 0.403. The highest BCUT2D eigenvalue weighted by molar-refractivity contribution is 5.00. The van der Waals surface area contributed by atoms with Crippen LogP contribution in [0.2, 0.25) is 0 Å². The van der Waals surface area contributed by atoms with Crippen molar-refractivity contribution in [2.75, 3.05) is 6.61 Å². The Morgan fingerprint density at radius 1 is 1.50 bits per heavy atom. The van der Waals surface area contributed by atoms with Crippen molar-refractivity contribution in [1.29, 1.82) is 0 Å². The van der Waals surface area contributed by atoms with Crippen LogP contribution < -0.4 is 0 Å². The normalized spacial score (nSPS) is 32.3. The van der Waals surface area contributed by atoms with Gasteiger partial charge in [0.15, 0.2) is 0 Å². The van der Waals surface area contributed by atoms with Gasteiger partial charge in [-0.2, -0.15) is 0 Å². The van der Waals surface area contributed by atoms with Gasteiger partial charge in [0, 0.05) is 0 Å². The molecule has 0 aromatic carbocycles. The third-order valence-electron chi connectivity index (χ3n) is 1.75. The second-order valence-electron chi connectivity index (χ2n) is 3.46. The first-order valence-corrected chi connectivity index (χ1v) is 3.95. The molecule has 1 heteroatoms. The number of rotatable bonds is 1. The minimum absolute atomic E-state index is 0.403. The first-order chi connectivity index (χ1) is 4.68. The maximum atomic E-state index is 5.50. The van der Waals surface area contributed by atoms with Gasteiger partial charge in [0.25, 0.3) is 0 Å². The predicted octanol–water partition coefficient (Wildman–Crippen LogP) is 2.38. The van der Waals surface area contributed by atoms with E-state index in [2.05, 4.69) is 26.8 Å². The fraction of sp³-hybridized carbons (Fsp3) is 0.778. The summed E-state index contributed by atoms with van der Waals surface area (Å²) in [5.41, 5.74) is 1.36. The molecule has 2 unspecified atom stereocenters. The molecule has 1 fully saturated rings. The van der Waals surface area contributed by atoms with Gasteiger partial charge in [0.2, 0.25) is 0 Å². The summed E-state index contributed by atoms with van der Waals surface area (Å²) in [6.45, 7) is 7.41. The molecule has 0 aromatic heterocycles. The average Bonchev–Trinajstić information content (AvgIpc) is 2.13. The van der Waals surface area contributed by atoms with Gasteiger partial charge in [0.05, 0.1) is 12.7 Å². The van der Waals surface area contributed by atoms with Gasteiger partial charge in [-0.05, 0) is 26.2 Å². The van der Waals surface area contributed by atoms with E-state index < -0.39 is 0 Å². The van der Waals surface area contributed by atoms with Crippen LogP contribution in [-0.2, 0) is 4.74 Å². The lowest BCUT2D eigenvalue weighted by molar-refractivity contribution is 0.139. The SMILES string of the molecule is CC(C)=CC1CC(C)CO1. The maximum absolute atomic E-state index is 5.50. The highest BCUT2D eigenvalue weighted by Gasteiger charge is 2.19. The van der Waals surface area contributed by atoms with Gasteiger partial charge in [-0.1, -0.05) is 18.6 Å². The zero-order valence-corrected chi connectivity index (χ0v) is 7.05. The first-order valence-electron chi connectivity index (χ1n) is 3.95. The van der Waals surface area contributed by atoms with Crippen molar-refractivity contribution in [2.24, 2.45) is 5.92 Å². The smallest absolute Gasteiger partial charge is 0.0761 e. The summed E-state index contributed by atoms with van der Waals surface area (Å²) in [5.74, 6) is 0.751. The molecule has 2 atom stereocenters. The van der Waals surface area contributed by atoms with E-state index >= 15 is 0 Å². The highest BCUT2D eigenvalue weighted by Crippen LogP contribution is 2.20. The largest absolute Gasteiger partial charge is 0.374 e. The van der Waals surface area contributed by atoms with Crippen LogP contribution in [0.5, 0.6) is 0 Å². The average molecular weight is 140 g/mol. The van der Waals surface area contributed by atoms with Gasteiger partial charge in [0.1, 0.15) is 0 Å². The fourth-order valence-electron chi connectivity index (χ4n) is 1.31. The summed E-state index contributed by atoms with van der Waals surface area (Å²) < 4.78 is 5.50. The Labute approximate surface area is 63.1 Å². The van der Waals surface area contributed by atoms with Crippen LogP contribution in [0, 0.1) is 5.92 Å². The van der Waals surface area contributed by atoms with Crippen molar-refractivity contribution in [3.63, 3.8) is 0 Å². The van der Waals surface area contributed by atoms with Gasteiger partial charge in [-0.25, -0.2) is 0 Å². The lowest BCUT2D eigenvalue weighted by Gasteiger charge is -2.01. The summed E-state index contributed by atoms with van der Waals surface area (Å²) in [5, 5.41) is 0. The van der Waals surface area contributed by atoms with E-state index in [1.54, 1.807) is 0 Å². The molecule has 10 heavy (non-hydrogen) atoms. The molecule has 1 rings (SSSR count). The molecule has 0 aromatic rings. The van der Waals surface area contributed by atoms with E-state index in [0.717, 1.165) is 12.5 Å². The summed E-state index contributed by atoms with van der Waals surface area (Å²) in [6, 6.07) is 0. The molecule has 0 aliphatic carbocycles. The predicted molar refractivity (Wildman–Crippen MR) is 43.0 cm³/mol. The van der Waals surface area contributed by atoms with Gasteiger partial charge < -0.3 is 4.74 Å². The number of ether oxygens (including phenoxy) is 1. The molecule has 0 bridgehead atoms. The number of hydrogen-bond acceptors (Lipinski definition) is 1. The third-order valence-corrected chi connectivity index (χ3v) is 1.75. The van der Waals surface area contributed by atoms with Crippen molar-refractivity contribution in [3.05, 3.63) is 11.6 Å². The summed E-state index contributed by atoms with van der Waals surface area (Å²) in [6.07, 6.45) is 3.81. The molecule has 0 spiro atoms. The quantitative estimate of drug-likeness (QED) is 0.508. The third kappa shape index (κ3) is 2.14. The Balaban J connectivity index is 2.38. The fourth-order valence-corrected chi connectivity index (χ4v) is 1.31. The molecule has 0 N–H and O–H groups in total. The monoisotopic (exact) mass is 140 g/mol. The zero-order chi connectivity index (χ0) is 7.56. The number of hydrogen-bond donors (Lipinski definition) is 0. The number of allylic oxidation sites excluding steroid dienone is 1. The van der Waals surface area contributed by atoms with Gasteiger partial charge in [-0.15, -0.1) is 0 Å². The molecule has 0 saturated carbocycles. The van der Waals surface area contributed by atoms with E-state index in [4.69, 9.17) is 4.74 Å². The van der Waals surface area contributed by atoms with Crippen molar-refractivity contribution in [3.8, 4) is 0 Å². The van der Waals surface area contributed by atoms with Crippen molar-refractivity contribution in [2.45, 2.75) is 33.3 Å². The minimum Gasteiger partial charge on any atom is -0.374 e. The van der Waals surface area contributed by atoms with E-state index in [1.165, 1.54) is 12.0 Å². The molecular weight excluding hydrogens is 124 g/mol. The van der Waals surface area contributed by atoms with Crippen LogP contribution in [0.25, 0.3) is 0 Å². The highest BCUT2D eigenvalue weighted by atomic mass is 16.5. The molecule has 1 saturated heterocycles. The lowest BCUT2D eigenvalue weighted by atomic mass is 10.1. The summed E-state index contributed by atoms with van der Waals surface area (Å²) >= 11 is 0. The van der Waals surface area contributed by atoms with E-state index in [-0.39, 0.29) is 0 Å². The molecule has 0 radical (unpaired) electrons. The second-order valence-corrected chi connectivity index (χ2v) is 3.46. The standard InChI is InChI=1S/C9H16O/c1-7(2)4-9-5-8(3)6-10-9/h4,8-9H,5-6H2,1-3H3.